The minimum absolute atomic E-state index is 0.0121. The molecule has 0 saturated carbocycles. The second kappa shape index (κ2) is 24.5. The highest BCUT2D eigenvalue weighted by atomic mass is 31.2. The van der Waals surface area contributed by atoms with Crippen LogP contribution in [0.15, 0.2) is 0 Å². The Kier molecular flexibility index (Phi) is 23.1. The Morgan fingerprint density at radius 1 is 0.763 bits per heavy atom. The lowest BCUT2D eigenvalue weighted by molar-refractivity contribution is -0.887. The quantitative estimate of drug-likeness (QED) is 0.0753. The van der Waals surface area contributed by atoms with Gasteiger partial charge in [-0.05, 0) is 19.3 Å². The summed E-state index contributed by atoms with van der Waals surface area (Å²) in [5, 5.41) is 0. The largest absolute Gasteiger partial charge is 0.472 e. The molecule has 0 amide bonds. The summed E-state index contributed by atoms with van der Waals surface area (Å²) >= 11 is 0. The number of ketones is 1. The zero-order valence-electron chi connectivity index (χ0n) is 25.2. The maximum atomic E-state index is 12.3. The Morgan fingerprint density at radius 3 is 1.71 bits per heavy atom. The molecule has 1 aliphatic rings. The van der Waals surface area contributed by atoms with Gasteiger partial charge in [0.15, 0.2) is 0 Å². The van der Waals surface area contributed by atoms with Crippen LogP contribution in [-0.2, 0) is 18.4 Å². The van der Waals surface area contributed by atoms with E-state index in [0.717, 1.165) is 32.2 Å². The number of carbonyl (C=O) groups excluding carboxylic acids is 1. The molecule has 1 heterocycles. The third kappa shape index (κ3) is 22.5. The van der Waals surface area contributed by atoms with Gasteiger partial charge in [-0.25, -0.2) is 4.57 Å². The Morgan fingerprint density at radius 2 is 1.24 bits per heavy atom. The van der Waals surface area contributed by atoms with Gasteiger partial charge in [-0.2, -0.15) is 0 Å². The predicted molar refractivity (Wildman–Crippen MR) is 159 cm³/mol. The van der Waals surface area contributed by atoms with E-state index in [0.29, 0.717) is 6.42 Å². The number of quaternary nitrogens is 1. The van der Waals surface area contributed by atoms with Gasteiger partial charge >= 0.3 is 7.82 Å². The van der Waals surface area contributed by atoms with Crippen molar-refractivity contribution in [1.29, 1.82) is 0 Å². The fraction of sp³-hybridized carbons (Fsp3) is 0.968. The number of likely N-dealkylation sites (tertiary alicyclic amines) is 1. The number of hydrogen-bond acceptors (Lipinski definition) is 4. The lowest BCUT2D eigenvalue weighted by Gasteiger charge is -2.18. The third-order valence-electron chi connectivity index (χ3n) is 8.01. The molecule has 0 aromatic carbocycles. The highest BCUT2D eigenvalue weighted by molar-refractivity contribution is 7.47. The zero-order valence-corrected chi connectivity index (χ0v) is 26.1. The van der Waals surface area contributed by atoms with E-state index in [-0.39, 0.29) is 24.9 Å². The van der Waals surface area contributed by atoms with E-state index in [1.165, 1.54) is 122 Å². The van der Waals surface area contributed by atoms with Crippen LogP contribution in [-0.4, -0.2) is 43.5 Å². The predicted octanol–water partition coefficient (Wildman–Crippen LogP) is 7.83. The van der Waals surface area contributed by atoms with Gasteiger partial charge in [0.25, 0.3) is 0 Å². The first-order chi connectivity index (χ1) is 18.4. The monoisotopic (exact) mass is 560 g/mol. The zero-order chi connectivity index (χ0) is 27.7. The average molecular weight is 561 g/mol. The number of phosphoric acid groups is 1. The normalized spacial score (nSPS) is 16.6. The molecule has 226 valence electrons. The second-order valence-electron chi connectivity index (χ2n) is 11.9. The smallest absolute Gasteiger partial charge is 0.335 e. The van der Waals surface area contributed by atoms with Gasteiger partial charge in [0, 0.05) is 25.7 Å². The van der Waals surface area contributed by atoms with Crippen LogP contribution in [0.3, 0.4) is 0 Å². The van der Waals surface area contributed by atoms with Crippen molar-refractivity contribution in [3.63, 3.8) is 0 Å². The molecule has 1 aliphatic heterocycles. The van der Waals surface area contributed by atoms with Crippen LogP contribution in [0.1, 0.15) is 155 Å². The summed E-state index contributed by atoms with van der Waals surface area (Å²) in [6.45, 7) is 7.58. The molecule has 2 N–H and O–H groups in total. The van der Waals surface area contributed by atoms with Crippen LogP contribution in [0.4, 0.5) is 0 Å². The van der Waals surface area contributed by atoms with Gasteiger partial charge in [0.05, 0.1) is 32.8 Å². The second-order valence-corrected chi connectivity index (χ2v) is 13.3. The third-order valence-corrected chi connectivity index (χ3v) is 8.99. The number of rotatable bonds is 28. The van der Waals surface area contributed by atoms with E-state index < -0.39 is 7.82 Å². The minimum atomic E-state index is -4.05. The Bertz CT molecular complexity index is 597. The fourth-order valence-electron chi connectivity index (χ4n) is 5.67. The number of phosphoric ester groups is 1. The van der Waals surface area contributed by atoms with Gasteiger partial charge in [-0.3, -0.25) is 9.05 Å². The van der Waals surface area contributed by atoms with Gasteiger partial charge < -0.3 is 14.6 Å². The first kappa shape index (κ1) is 35.8. The summed E-state index contributed by atoms with van der Waals surface area (Å²) in [4.78, 5) is 23.3. The van der Waals surface area contributed by atoms with Crippen LogP contribution in [0.25, 0.3) is 0 Å². The van der Waals surface area contributed by atoms with Crippen LogP contribution < -0.4 is 4.90 Å². The molecule has 38 heavy (non-hydrogen) atoms. The van der Waals surface area contributed by atoms with Crippen molar-refractivity contribution in [2.24, 2.45) is 5.92 Å². The van der Waals surface area contributed by atoms with Crippen molar-refractivity contribution < 1.29 is 28.2 Å². The van der Waals surface area contributed by atoms with Crippen LogP contribution in [0.2, 0.25) is 0 Å². The van der Waals surface area contributed by atoms with Crippen molar-refractivity contribution in [1.82, 2.24) is 0 Å². The van der Waals surface area contributed by atoms with Crippen molar-refractivity contribution in [3.8, 4) is 0 Å². The van der Waals surface area contributed by atoms with E-state index in [4.69, 9.17) is 9.05 Å². The molecule has 0 aliphatic carbocycles. The van der Waals surface area contributed by atoms with E-state index in [1.807, 2.05) is 0 Å². The van der Waals surface area contributed by atoms with Crippen molar-refractivity contribution in [2.45, 2.75) is 155 Å². The minimum Gasteiger partial charge on any atom is -0.335 e. The molecule has 1 fully saturated rings. The Hall–Kier alpha value is -0.260. The van der Waals surface area contributed by atoms with Gasteiger partial charge in [-0.15, -0.1) is 0 Å². The number of hydrogen-bond donors (Lipinski definition) is 2. The SMILES string of the molecule is CCCCCCCCCCCCCCCCCCCC(COP(=O)(O)OCCC[NH+]1CCCC1)CC(C)=O. The molecule has 0 spiro atoms. The standard InChI is InChI=1S/C31H62NO5P/c1-3-4-5-6-7-8-9-10-11-12-13-14-15-16-17-18-19-23-31(28-30(2)33)29-37-38(34,35)36-27-22-26-32-24-20-21-25-32/h31H,3-29H2,1-2H3,(H,34,35)/p+1. The van der Waals surface area contributed by atoms with Gasteiger partial charge in [-0.1, -0.05) is 116 Å². The summed E-state index contributed by atoms with van der Waals surface area (Å²) in [5.74, 6) is 0.0924. The maximum Gasteiger partial charge on any atom is 0.472 e. The summed E-state index contributed by atoms with van der Waals surface area (Å²) in [6, 6.07) is 0. The van der Waals surface area contributed by atoms with E-state index in [2.05, 4.69) is 6.92 Å². The number of Topliss-reactive ketones (excluding diaryl/α,β-unsaturated/α-hetero) is 1. The molecule has 2 unspecified atom stereocenters. The van der Waals surface area contributed by atoms with Crippen molar-refractivity contribution in [2.75, 3.05) is 32.8 Å². The van der Waals surface area contributed by atoms with Crippen LogP contribution >= 0.6 is 7.82 Å². The molecule has 0 aromatic heterocycles. The summed E-state index contributed by atoms with van der Waals surface area (Å²) in [5.41, 5.74) is 0. The number of carbonyl (C=O) groups is 1. The maximum absolute atomic E-state index is 12.3. The fourth-order valence-corrected chi connectivity index (χ4v) is 6.51. The first-order valence-corrected chi connectivity index (χ1v) is 17.9. The first-order valence-electron chi connectivity index (χ1n) is 16.4. The molecular formula is C31H63NO5P+. The molecule has 6 nitrogen and oxygen atoms in total. The van der Waals surface area contributed by atoms with Crippen molar-refractivity contribution >= 4 is 13.6 Å². The molecule has 7 heteroatoms. The molecule has 0 radical (unpaired) electrons. The average Bonchev–Trinajstić information content (AvgIpc) is 3.40. The topological polar surface area (TPSA) is 77.3 Å². The Labute approximate surface area is 235 Å². The molecule has 2 atom stereocenters. The lowest BCUT2D eigenvalue weighted by atomic mass is 9.96. The number of nitrogens with one attached hydrogen (secondary N) is 1. The van der Waals surface area contributed by atoms with Crippen LogP contribution in [0, 0.1) is 5.92 Å². The number of unbranched alkanes of at least 4 members (excludes halogenated alkanes) is 16. The summed E-state index contributed by atoms with van der Waals surface area (Å²) < 4.78 is 22.7. The lowest BCUT2D eigenvalue weighted by Crippen LogP contribution is -3.10. The summed E-state index contributed by atoms with van der Waals surface area (Å²) in [7, 11) is -4.05. The van der Waals surface area contributed by atoms with Gasteiger partial charge in [0.1, 0.15) is 5.78 Å². The van der Waals surface area contributed by atoms with E-state index >= 15 is 0 Å². The molecule has 1 saturated heterocycles. The molecular weight excluding hydrogens is 497 g/mol. The van der Waals surface area contributed by atoms with E-state index in [9.17, 15) is 14.3 Å². The molecule has 0 aromatic rings. The Balaban J connectivity index is 1.98. The highest BCUT2D eigenvalue weighted by Crippen LogP contribution is 2.44. The van der Waals surface area contributed by atoms with Gasteiger partial charge in [0.2, 0.25) is 0 Å². The summed E-state index contributed by atoms with van der Waals surface area (Å²) in [6.07, 6.45) is 27.4. The van der Waals surface area contributed by atoms with Crippen LogP contribution in [0.5, 0.6) is 0 Å². The molecule has 1 rings (SSSR count). The highest BCUT2D eigenvalue weighted by Gasteiger charge is 2.24. The van der Waals surface area contributed by atoms with Crippen molar-refractivity contribution in [3.05, 3.63) is 0 Å². The molecule has 0 bridgehead atoms. The van der Waals surface area contributed by atoms with E-state index in [1.54, 1.807) is 11.8 Å².